The van der Waals surface area contributed by atoms with Gasteiger partial charge in [0, 0.05) is 9.13 Å². The van der Waals surface area contributed by atoms with Crippen LogP contribution in [0.25, 0.3) is 0 Å². The molecule has 0 heterocycles. The zero-order valence-electron chi connectivity index (χ0n) is 6.67. The number of benzene rings is 1. The topological polar surface area (TPSA) is 60.4 Å². The summed E-state index contributed by atoms with van der Waals surface area (Å²) in [4.78, 5) is 10.4. The monoisotopic (exact) mass is 396 g/mol. The predicted molar refractivity (Wildman–Crippen MR) is 57.9 cm³/mol. The molecule has 0 radical (unpaired) electrons. The van der Waals surface area contributed by atoms with E-state index in [4.69, 9.17) is 0 Å². The third-order valence-corrected chi connectivity index (χ3v) is 2.69. The molecule has 64 valence electrons. The number of halogens is 2. The minimum Gasteiger partial charge on any atom is -0.545 e. The van der Waals surface area contributed by atoms with Crippen LogP contribution in [0.4, 0.5) is 0 Å². The number of rotatable bonds is 1. The van der Waals surface area contributed by atoms with Crippen molar-refractivity contribution in [1.29, 1.82) is 0 Å². The van der Waals surface area contributed by atoms with Crippen LogP contribution in [0.15, 0.2) is 12.1 Å². The van der Waals surface area contributed by atoms with Crippen molar-refractivity contribution in [3.8, 4) is 5.75 Å². The van der Waals surface area contributed by atoms with Crippen molar-refractivity contribution in [3.05, 3.63) is 24.8 Å². The zero-order valence-corrected chi connectivity index (χ0v) is 11.0. The summed E-state index contributed by atoms with van der Waals surface area (Å²) in [6.45, 7) is 0. The number of hydrogen-bond donors (Lipinski definition) is 1. The maximum Gasteiger partial charge on any atom is 1.00 e. The van der Waals surface area contributed by atoms with Gasteiger partial charge in [0.15, 0.2) is 0 Å². The molecule has 0 amide bonds. The van der Waals surface area contributed by atoms with Gasteiger partial charge < -0.3 is 15.0 Å². The molecular weight excluding hydrogens is 393 g/mol. The Morgan fingerprint density at radius 3 is 2.38 bits per heavy atom. The van der Waals surface area contributed by atoms with Gasteiger partial charge in [0.2, 0.25) is 0 Å². The summed E-state index contributed by atoms with van der Waals surface area (Å²) in [6, 6.07) is 3.05. The quantitative estimate of drug-likeness (QED) is 0.441. The third-order valence-electron chi connectivity index (χ3n) is 1.25. The van der Waals surface area contributed by atoms with E-state index in [1.54, 1.807) is 6.07 Å². The van der Waals surface area contributed by atoms with Crippen LogP contribution in [0.2, 0.25) is 0 Å². The Kier molecular flexibility index (Phi) is 5.66. The molecule has 0 atom stereocenters. The first-order chi connectivity index (χ1) is 5.52. The van der Waals surface area contributed by atoms with Crippen LogP contribution in [0.5, 0.6) is 5.75 Å². The Morgan fingerprint density at radius 1 is 1.38 bits per heavy atom. The van der Waals surface area contributed by atoms with Crippen molar-refractivity contribution in [1.82, 2.24) is 0 Å². The van der Waals surface area contributed by atoms with Gasteiger partial charge in [0.05, 0.1) is 9.54 Å². The number of carbonyl (C=O) groups is 1. The molecule has 1 N–H and O–H groups in total. The van der Waals surface area contributed by atoms with Crippen LogP contribution >= 0.6 is 45.2 Å². The van der Waals surface area contributed by atoms with E-state index in [0.29, 0.717) is 3.57 Å². The molecule has 1 aromatic carbocycles. The van der Waals surface area contributed by atoms with Crippen LogP contribution in [0.1, 0.15) is 10.4 Å². The number of aromatic hydroxyl groups is 1. The van der Waals surface area contributed by atoms with E-state index in [9.17, 15) is 15.0 Å². The molecule has 13 heavy (non-hydrogen) atoms. The van der Waals surface area contributed by atoms with Gasteiger partial charge in [-0.05, 0) is 57.3 Å². The van der Waals surface area contributed by atoms with Gasteiger partial charge in [0.1, 0.15) is 5.75 Å². The zero-order chi connectivity index (χ0) is 9.30. The van der Waals surface area contributed by atoms with Crippen molar-refractivity contribution >= 4 is 51.2 Å². The van der Waals surface area contributed by atoms with Gasteiger partial charge in [-0.1, -0.05) is 0 Å². The van der Waals surface area contributed by atoms with E-state index in [-0.39, 0.29) is 30.2 Å². The fraction of sp³-hybridized carbons (Fsp3) is 0. The van der Waals surface area contributed by atoms with Crippen molar-refractivity contribution in [2.45, 2.75) is 0 Å². The largest absolute Gasteiger partial charge is 1.00 e. The van der Waals surface area contributed by atoms with Crippen molar-refractivity contribution in [2.24, 2.45) is 0 Å². The second kappa shape index (κ2) is 5.43. The second-order valence-corrected chi connectivity index (χ2v) is 4.48. The maximum atomic E-state index is 10.4. The minimum absolute atomic E-state index is 0. The Bertz CT molecular complexity index is 341. The van der Waals surface area contributed by atoms with Crippen molar-refractivity contribution < 1.29 is 33.9 Å². The molecule has 0 aromatic heterocycles. The van der Waals surface area contributed by atoms with Gasteiger partial charge in [-0.15, -0.1) is 0 Å². The Labute approximate surface area is 114 Å². The van der Waals surface area contributed by atoms with E-state index in [2.05, 4.69) is 0 Å². The SMILES string of the molecule is O=C([O-])c1cc(I)cc(I)c1O.[Li+]. The number of carbonyl (C=O) groups excluding carboxylic acids is 1. The average Bonchev–Trinajstić information content (AvgIpc) is 1.96. The molecule has 0 aliphatic carbocycles. The number of carboxylic acids is 1. The minimum atomic E-state index is -1.36. The molecule has 0 bridgehead atoms. The molecule has 3 nitrogen and oxygen atoms in total. The first-order valence-corrected chi connectivity index (χ1v) is 5.07. The predicted octanol–water partition coefficient (Wildman–Crippen LogP) is -2.03. The number of hydrogen-bond acceptors (Lipinski definition) is 3. The Balaban J connectivity index is 0.00000144. The summed E-state index contributed by atoms with van der Waals surface area (Å²) in [5, 5.41) is 19.7. The van der Waals surface area contributed by atoms with E-state index in [1.807, 2.05) is 45.2 Å². The van der Waals surface area contributed by atoms with Gasteiger partial charge in [0.25, 0.3) is 0 Å². The molecule has 0 fully saturated rings. The molecule has 1 aromatic rings. The van der Waals surface area contributed by atoms with Crippen molar-refractivity contribution in [3.63, 3.8) is 0 Å². The molecule has 0 unspecified atom stereocenters. The molecule has 0 spiro atoms. The van der Waals surface area contributed by atoms with E-state index < -0.39 is 5.97 Å². The summed E-state index contributed by atoms with van der Waals surface area (Å²) in [7, 11) is 0. The van der Waals surface area contributed by atoms with Crippen molar-refractivity contribution in [2.75, 3.05) is 0 Å². The van der Waals surface area contributed by atoms with Crippen LogP contribution in [-0.4, -0.2) is 11.1 Å². The van der Waals surface area contributed by atoms with Gasteiger partial charge >= 0.3 is 18.9 Å². The Morgan fingerprint density at radius 2 is 1.92 bits per heavy atom. The summed E-state index contributed by atoms with van der Waals surface area (Å²) in [6.07, 6.45) is 0. The fourth-order valence-corrected chi connectivity index (χ4v) is 2.57. The second-order valence-electron chi connectivity index (χ2n) is 2.07. The molecule has 0 saturated heterocycles. The smallest absolute Gasteiger partial charge is 0.545 e. The molecule has 1 rings (SSSR count). The fourth-order valence-electron chi connectivity index (χ4n) is 0.722. The first-order valence-electron chi connectivity index (χ1n) is 2.91. The van der Waals surface area contributed by atoms with Crippen LogP contribution in [0.3, 0.4) is 0 Å². The van der Waals surface area contributed by atoms with Crippen LogP contribution in [0, 0.1) is 7.14 Å². The van der Waals surface area contributed by atoms with Crippen LogP contribution < -0.4 is 24.0 Å². The van der Waals surface area contributed by atoms with Crippen LogP contribution in [-0.2, 0) is 0 Å². The Hall–Kier alpha value is 0.547. The normalized spacial score (nSPS) is 9.08. The molecular formula is C7H3I2LiO3. The summed E-state index contributed by atoms with van der Waals surface area (Å²) < 4.78 is 1.27. The molecule has 0 saturated carbocycles. The molecule has 0 aliphatic rings. The first kappa shape index (κ1) is 13.5. The third kappa shape index (κ3) is 3.31. The van der Waals surface area contributed by atoms with E-state index >= 15 is 0 Å². The molecule has 6 heteroatoms. The number of carboxylic acid groups (broad SMARTS) is 1. The maximum absolute atomic E-state index is 10.4. The average molecular weight is 396 g/mol. The number of aromatic carboxylic acids is 1. The molecule has 0 aliphatic heterocycles. The van der Waals surface area contributed by atoms with Gasteiger partial charge in [-0.25, -0.2) is 0 Å². The van der Waals surface area contributed by atoms with E-state index in [0.717, 1.165) is 3.57 Å². The van der Waals surface area contributed by atoms with Gasteiger partial charge in [-0.3, -0.25) is 0 Å². The summed E-state index contributed by atoms with van der Waals surface area (Å²) in [5.74, 6) is -1.58. The summed E-state index contributed by atoms with van der Waals surface area (Å²) in [5.41, 5.74) is -0.161. The standard InChI is InChI=1S/C7H4I2O3.Li/c8-3-1-4(7(11)12)6(10)5(9)2-3;/h1-2,10H,(H,11,12);/q;+1/p-1. The summed E-state index contributed by atoms with van der Waals surface area (Å²) >= 11 is 3.84. The number of phenols is 1. The van der Waals surface area contributed by atoms with E-state index in [1.165, 1.54) is 6.07 Å². The van der Waals surface area contributed by atoms with Gasteiger partial charge in [-0.2, -0.15) is 0 Å².